The van der Waals surface area contributed by atoms with Gasteiger partial charge in [0, 0.05) is 6.42 Å². The van der Waals surface area contributed by atoms with Crippen molar-refractivity contribution in [1.29, 1.82) is 0 Å². The molecule has 0 saturated carbocycles. The predicted molar refractivity (Wildman–Crippen MR) is 177 cm³/mol. The van der Waals surface area contributed by atoms with Crippen LogP contribution in [0, 0.1) is 0 Å². The fraction of sp³-hybridized carbons (Fsp3) is 0.667. The molecule has 0 radical (unpaired) electrons. The average molecular weight is 563 g/mol. The first-order chi connectivity index (χ1) is 20.3. The maximum atomic E-state index is 12.6. The fourth-order valence-corrected chi connectivity index (χ4v) is 5.83. The molecule has 0 bridgehead atoms. The molecule has 0 heterocycles. The van der Waals surface area contributed by atoms with Crippen LogP contribution in [0.4, 0.5) is 0 Å². The van der Waals surface area contributed by atoms with Gasteiger partial charge in [-0.2, -0.15) is 0 Å². The minimum absolute atomic E-state index is 0.0915. The van der Waals surface area contributed by atoms with Crippen molar-refractivity contribution in [2.45, 2.75) is 167 Å². The van der Waals surface area contributed by atoms with E-state index in [1.165, 1.54) is 135 Å². The lowest BCUT2D eigenvalue weighted by atomic mass is 10.0. The maximum absolute atomic E-state index is 12.6. The van der Waals surface area contributed by atoms with E-state index >= 15 is 0 Å². The normalized spacial score (nSPS) is 11.3. The Hall–Kier alpha value is -2.09. The van der Waals surface area contributed by atoms with E-state index in [0.29, 0.717) is 6.42 Å². The lowest BCUT2D eigenvalue weighted by Gasteiger charge is -2.19. The Kier molecular flexibility index (Phi) is 21.9. The number of carbonyl (C=O) groups excluding carboxylic acids is 1. The SMILES string of the molecule is CCCCCCCCCCCCCCCCCCCCCCCCCC(=O)OC(c1ccccc1)c1ccccc1. The number of ether oxygens (including phenoxy) is 1. The largest absolute Gasteiger partial charge is 0.453 e. The Morgan fingerprint density at radius 2 is 0.756 bits per heavy atom. The van der Waals surface area contributed by atoms with Crippen LogP contribution in [0.3, 0.4) is 0 Å². The molecule has 2 nitrogen and oxygen atoms in total. The highest BCUT2D eigenvalue weighted by Crippen LogP contribution is 2.26. The first-order valence-corrected chi connectivity index (χ1v) is 17.6. The quantitative estimate of drug-likeness (QED) is 0.0799. The third-order valence-electron chi connectivity index (χ3n) is 8.44. The van der Waals surface area contributed by atoms with Gasteiger partial charge < -0.3 is 4.74 Å². The number of unbranched alkanes of at least 4 members (excludes halogenated alkanes) is 22. The zero-order valence-corrected chi connectivity index (χ0v) is 26.6. The van der Waals surface area contributed by atoms with Crippen molar-refractivity contribution >= 4 is 5.97 Å². The van der Waals surface area contributed by atoms with Gasteiger partial charge in [-0.1, -0.05) is 209 Å². The van der Waals surface area contributed by atoms with Gasteiger partial charge >= 0.3 is 5.97 Å². The van der Waals surface area contributed by atoms with E-state index in [0.717, 1.165) is 24.0 Å². The summed E-state index contributed by atoms with van der Waals surface area (Å²) in [7, 11) is 0. The third-order valence-corrected chi connectivity index (χ3v) is 8.44. The van der Waals surface area contributed by atoms with Gasteiger partial charge in [-0.25, -0.2) is 0 Å². The molecule has 2 rings (SSSR count). The fourth-order valence-electron chi connectivity index (χ4n) is 5.83. The Bertz CT molecular complexity index is 792. The van der Waals surface area contributed by atoms with Gasteiger partial charge in [-0.05, 0) is 17.5 Å². The smallest absolute Gasteiger partial charge is 0.306 e. The first-order valence-electron chi connectivity index (χ1n) is 17.6. The molecule has 0 spiro atoms. The average Bonchev–Trinajstić information content (AvgIpc) is 3.01. The number of rotatable bonds is 27. The van der Waals surface area contributed by atoms with Crippen molar-refractivity contribution in [3.63, 3.8) is 0 Å². The zero-order valence-electron chi connectivity index (χ0n) is 26.6. The van der Waals surface area contributed by atoms with Crippen LogP contribution in [0.25, 0.3) is 0 Å². The van der Waals surface area contributed by atoms with Crippen molar-refractivity contribution in [1.82, 2.24) is 0 Å². The van der Waals surface area contributed by atoms with E-state index in [1.54, 1.807) is 0 Å². The van der Waals surface area contributed by atoms with Gasteiger partial charge in [0.15, 0.2) is 6.10 Å². The zero-order chi connectivity index (χ0) is 29.1. The monoisotopic (exact) mass is 562 g/mol. The number of benzene rings is 2. The standard InChI is InChI=1S/C39H62O2/c1-2-3-4-5-6-7-8-9-10-11-12-13-14-15-16-17-18-19-20-21-22-23-30-35-38(40)41-39(36-31-26-24-27-32-36)37-33-28-25-29-34-37/h24-29,31-34,39H,2-23,30,35H2,1H3. The van der Waals surface area contributed by atoms with Crippen LogP contribution in [0.15, 0.2) is 60.7 Å². The first kappa shape index (κ1) is 35.1. The third kappa shape index (κ3) is 18.9. The van der Waals surface area contributed by atoms with Gasteiger partial charge in [0.05, 0.1) is 0 Å². The molecule has 0 saturated heterocycles. The second-order valence-electron chi connectivity index (χ2n) is 12.2. The minimum Gasteiger partial charge on any atom is -0.453 e. The molecule has 41 heavy (non-hydrogen) atoms. The minimum atomic E-state index is -0.325. The number of hydrogen-bond donors (Lipinski definition) is 0. The lowest BCUT2D eigenvalue weighted by Crippen LogP contribution is -2.12. The molecule has 0 fully saturated rings. The summed E-state index contributed by atoms with van der Waals surface area (Å²) >= 11 is 0. The van der Waals surface area contributed by atoms with Crippen LogP contribution in [0.1, 0.15) is 178 Å². The van der Waals surface area contributed by atoms with Crippen molar-refractivity contribution in [3.8, 4) is 0 Å². The number of carbonyl (C=O) groups is 1. The van der Waals surface area contributed by atoms with Crippen LogP contribution in [-0.2, 0) is 9.53 Å². The molecule has 2 aromatic rings. The topological polar surface area (TPSA) is 26.3 Å². The Labute approximate surface area is 254 Å². The summed E-state index contributed by atoms with van der Waals surface area (Å²) in [5.74, 6) is -0.0915. The highest BCUT2D eigenvalue weighted by atomic mass is 16.5. The van der Waals surface area contributed by atoms with E-state index in [1.807, 2.05) is 60.7 Å². The molecule has 0 aliphatic rings. The maximum Gasteiger partial charge on any atom is 0.306 e. The highest BCUT2D eigenvalue weighted by molar-refractivity contribution is 5.70. The molecule has 0 amide bonds. The summed E-state index contributed by atoms with van der Waals surface area (Å²) < 4.78 is 5.93. The van der Waals surface area contributed by atoms with Crippen LogP contribution in [0.5, 0.6) is 0 Å². The van der Waals surface area contributed by atoms with E-state index in [9.17, 15) is 4.79 Å². The summed E-state index contributed by atoms with van der Waals surface area (Å²) in [6.07, 6.45) is 31.9. The van der Waals surface area contributed by atoms with Crippen molar-refractivity contribution in [2.24, 2.45) is 0 Å². The Morgan fingerprint density at radius 3 is 1.07 bits per heavy atom. The summed E-state index contributed by atoms with van der Waals surface area (Å²) in [5.41, 5.74) is 2.05. The van der Waals surface area contributed by atoms with Gasteiger partial charge in [0.2, 0.25) is 0 Å². The molecule has 0 N–H and O–H groups in total. The summed E-state index contributed by atoms with van der Waals surface area (Å²) in [5, 5.41) is 0. The Balaban J connectivity index is 1.34. The molecule has 230 valence electrons. The summed E-state index contributed by atoms with van der Waals surface area (Å²) in [4.78, 5) is 12.6. The van der Waals surface area contributed by atoms with Crippen LogP contribution in [0.2, 0.25) is 0 Å². The molecule has 0 aliphatic carbocycles. The summed E-state index contributed by atoms with van der Waals surface area (Å²) in [6.45, 7) is 2.30. The molecule has 0 unspecified atom stereocenters. The van der Waals surface area contributed by atoms with Crippen molar-refractivity contribution in [2.75, 3.05) is 0 Å². The van der Waals surface area contributed by atoms with E-state index in [2.05, 4.69) is 6.92 Å². The summed E-state index contributed by atoms with van der Waals surface area (Å²) in [6, 6.07) is 20.1. The van der Waals surface area contributed by atoms with E-state index < -0.39 is 0 Å². The van der Waals surface area contributed by atoms with Gasteiger partial charge in [0.25, 0.3) is 0 Å². The predicted octanol–water partition coefficient (Wildman–Crippen LogP) is 12.7. The van der Waals surface area contributed by atoms with Crippen LogP contribution < -0.4 is 0 Å². The lowest BCUT2D eigenvalue weighted by molar-refractivity contribution is -0.147. The van der Waals surface area contributed by atoms with E-state index in [-0.39, 0.29) is 12.1 Å². The number of hydrogen-bond acceptors (Lipinski definition) is 2. The molecule has 2 aromatic carbocycles. The van der Waals surface area contributed by atoms with Crippen LogP contribution >= 0.6 is 0 Å². The molecule has 2 heteroatoms. The van der Waals surface area contributed by atoms with Crippen molar-refractivity contribution in [3.05, 3.63) is 71.8 Å². The van der Waals surface area contributed by atoms with E-state index in [4.69, 9.17) is 4.74 Å². The van der Waals surface area contributed by atoms with Gasteiger partial charge in [-0.3, -0.25) is 4.79 Å². The second-order valence-corrected chi connectivity index (χ2v) is 12.2. The molecule has 0 aliphatic heterocycles. The number of esters is 1. The van der Waals surface area contributed by atoms with Gasteiger partial charge in [0.1, 0.15) is 0 Å². The molecule has 0 atom stereocenters. The Morgan fingerprint density at radius 1 is 0.463 bits per heavy atom. The van der Waals surface area contributed by atoms with Gasteiger partial charge in [-0.15, -0.1) is 0 Å². The molecular formula is C39H62O2. The van der Waals surface area contributed by atoms with Crippen molar-refractivity contribution < 1.29 is 9.53 Å². The highest BCUT2D eigenvalue weighted by Gasteiger charge is 2.18. The molecule has 0 aromatic heterocycles. The van der Waals surface area contributed by atoms with Crippen LogP contribution in [-0.4, -0.2) is 5.97 Å². The second kappa shape index (κ2) is 25.6. The molecular weight excluding hydrogens is 500 g/mol.